The van der Waals surface area contributed by atoms with Crippen molar-refractivity contribution in [2.75, 3.05) is 7.11 Å². The van der Waals surface area contributed by atoms with Crippen molar-refractivity contribution < 1.29 is 9.53 Å². The highest BCUT2D eigenvalue weighted by Gasteiger charge is 2.20. The van der Waals surface area contributed by atoms with Gasteiger partial charge in [0.15, 0.2) is 5.69 Å². The summed E-state index contributed by atoms with van der Waals surface area (Å²) in [5.74, 6) is 0.246. The van der Waals surface area contributed by atoms with Gasteiger partial charge in [-0.05, 0) is 12.8 Å². The number of thiazole rings is 1. The van der Waals surface area contributed by atoms with E-state index in [1.54, 1.807) is 16.7 Å². The normalized spacial score (nSPS) is 17.7. The maximum absolute atomic E-state index is 11.2. The molecule has 1 aromatic heterocycles. The fraction of sp³-hybridized carbons (Fsp3) is 0.636. The second kappa shape index (κ2) is 4.75. The maximum Gasteiger partial charge on any atom is 0.357 e. The van der Waals surface area contributed by atoms with Crippen LogP contribution in [0, 0.1) is 0 Å². The van der Waals surface area contributed by atoms with Crippen LogP contribution >= 0.6 is 11.3 Å². The number of hydrogen-bond donors (Lipinski definition) is 0. The third kappa shape index (κ3) is 2.37. The maximum atomic E-state index is 11.2. The van der Waals surface area contributed by atoms with E-state index in [4.69, 9.17) is 0 Å². The first-order valence-electron chi connectivity index (χ1n) is 5.35. The molecule has 0 bridgehead atoms. The molecule has 1 aromatic rings. The Bertz CT molecular complexity index is 342. The van der Waals surface area contributed by atoms with Crippen LogP contribution < -0.4 is 0 Å². The molecule has 0 aromatic carbocycles. The minimum absolute atomic E-state index is 0.326. The number of ether oxygens (including phenoxy) is 1. The number of nitrogens with zero attached hydrogens (tertiary/aromatic N) is 1. The third-order valence-electron chi connectivity index (χ3n) is 2.87. The summed E-state index contributed by atoms with van der Waals surface area (Å²) in [5.41, 5.74) is 0.461. The molecule has 82 valence electrons. The van der Waals surface area contributed by atoms with Gasteiger partial charge < -0.3 is 4.74 Å². The zero-order chi connectivity index (χ0) is 10.7. The smallest absolute Gasteiger partial charge is 0.357 e. The van der Waals surface area contributed by atoms with Gasteiger partial charge in [-0.3, -0.25) is 0 Å². The molecule has 0 spiro atoms. The van der Waals surface area contributed by atoms with Gasteiger partial charge in [-0.15, -0.1) is 11.3 Å². The Balaban J connectivity index is 2.08. The average molecular weight is 225 g/mol. The van der Waals surface area contributed by atoms with E-state index < -0.39 is 0 Å². The molecule has 2 rings (SSSR count). The molecule has 0 aliphatic heterocycles. The highest BCUT2D eigenvalue weighted by atomic mass is 32.1. The molecule has 1 heterocycles. The average Bonchev–Trinajstić information content (AvgIpc) is 2.78. The summed E-state index contributed by atoms with van der Waals surface area (Å²) in [6.45, 7) is 0. The second-order valence-electron chi connectivity index (χ2n) is 3.90. The zero-order valence-corrected chi connectivity index (χ0v) is 9.68. The van der Waals surface area contributed by atoms with Crippen LogP contribution in [0.3, 0.4) is 0 Å². The minimum atomic E-state index is -0.326. The molecule has 1 saturated carbocycles. The Morgan fingerprint density at radius 2 is 2.20 bits per heavy atom. The van der Waals surface area contributed by atoms with Crippen LogP contribution in [-0.4, -0.2) is 18.1 Å². The summed E-state index contributed by atoms with van der Waals surface area (Å²) in [5, 5.41) is 2.91. The molecule has 1 aliphatic rings. The van der Waals surface area contributed by atoms with E-state index in [0.29, 0.717) is 11.6 Å². The Morgan fingerprint density at radius 3 is 2.87 bits per heavy atom. The van der Waals surface area contributed by atoms with Crippen LogP contribution in [-0.2, 0) is 4.74 Å². The van der Waals surface area contributed by atoms with Crippen LogP contribution in [0.5, 0.6) is 0 Å². The predicted molar refractivity (Wildman–Crippen MR) is 59.3 cm³/mol. The first-order valence-corrected chi connectivity index (χ1v) is 6.23. The van der Waals surface area contributed by atoms with Gasteiger partial charge in [0.05, 0.1) is 12.1 Å². The number of methoxy groups -OCH3 is 1. The number of aromatic nitrogens is 1. The van der Waals surface area contributed by atoms with Crippen LogP contribution in [0.25, 0.3) is 0 Å². The molecule has 3 nitrogen and oxygen atoms in total. The van der Waals surface area contributed by atoms with Crippen molar-refractivity contribution in [3.8, 4) is 0 Å². The highest BCUT2D eigenvalue weighted by Crippen LogP contribution is 2.34. The van der Waals surface area contributed by atoms with E-state index in [-0.39, 0.29) is 5.97 Å². The van der Waals surface area contributed by atoms with Crippen molar-refractivity contribution in [2.24, 2.45) is 0 Å². The molecule has 15 heavy (non-hydrogen) atoms. The summed E-state index contributed by atoms with van der Waals surface area (Å²) in [4.78, 5) is 15.6. The quantitative estimate of drug-likeness (QED) is 0.726. The number of hydrogen-bond acceptors (Lipinski definition) is 4. The van der Waals surface area contributed by atoms with Gasteiger partial charge in [-0.1, -0.05) is 19.3 Å². The van der Waals surface area contributed by atoms with Crippen molar-refractivity contribution in [1.29, 1.82) is 0 Å². The third-order valence-corrected chi connectivity index (χ3v) is 3.88. The van der Waals surface area contributed by atoms with Crippen molar-refractivity contribution in [3.63, 3.8) is 0 Å². The van der Waals surface area contributed by atoms with Gasteiger partial charge in [-0.25, -0.2) is 9.78 Å². The first kappa shape index (κ1) is 10.6. The minimum Gasteiger partial charge on any atom is -0.464 e. The molecule has 0 atom stereocenters. The topological polar surface area (TPSA) is 39.2 Å². The van der Waals surface area contributed by atoms with Crippen molar-refractivity contribution in [2.45, 2.75) is 38.0 Å². The lowest BCUT2D eigenvalue weighted by molar-refractivity contribution is 0.0594. The van der Waals surface area contributed by atoms with E-state index in [9.17, 15) is 4.79 Å². The van der Waals surface area contributed by atoms with E-state index >= 15 is 0 Å². The number of esters is 1. The van der Waals surface area contributed by atoms with Crippen LogP contribution in [0.2, 0.25) is 0 Å². The number of carbonyl (C=O) groups excluding carboxylic acids is 1. The molecular weight excluding hydrogens is 210 g/mol. The molecular formula is C11H15NO2S. The van der Waals surface area contributed by atoms with Gasteiger partial charge in [0.1, 0.15) is 0 Å². The first-order chi connectivity index (χ1) is 7.31. The monoisotopic (exact) mass is 225 g/mol. The van der Waals surface area contributed by atoms with E-state index in [0.717, 1.165) is 5.01 Å². The molecule has 0 saturated heterocycles. The molecule has 0 radical (unpaired) electrons. The Morgan fingerprint density at radius 1 is 1.47 bits per heavy atom. The lowest BCUT2D eigenvalue weighted by Crippen LogP contribution is -2.06. The molecule has 0 unspecified atom stereocenters. The second-order valence-corrected chi connectivity index (χ2v) is 4.79. The van der Waals surface area contributed by atoms with Gasteiger partial charge in [0.25, 0.3) is 0 Å². The van der Waals surface area contributed by atoms with Crippen LogP contribution in [0.4, 0.5) is 0 Å². The van der Waals surface area contributed by atoms with Crippen molar-refractivity contribution in [3.05, 3.63) is 16.1 Å². The number of carbonyl (C=O) groups is 1. The highest BCUT2D eigenvalue weighted by molar-refractivity contribution is 7.09. The lowest BCUT2D eigenvalue weighted by Gasteiger charge is -2.18. The van der Waals surface area contributed by atoms with Gasteiger partial charge >= 0.3 is 5.97 Å². The molecule has 4 heteroatoms. The van der Waals surface area contributed by atoms with Gasteiger partial charge in [0.2, 0.25) is 0 Å². The zero-order valence-electron chi connectivity index (χ0n) is 8.86. The van der Waals surface area contributed by atoms with Gasteiger partial charge in [0, 0.05) is 11.3 Å². The van der Waals surface area contributed by atoms with E-state index in [1.807, 2.05) is 0 Å². The SMILES string of the molecule is COC(=O)c1csc(C2CCCCC2)n1. The van der Waals surface area contributed by atoms with E-state index in [1.165, 1.54) is 39.2 Å². The Kier molecular flexibility index (Phi) is 3.36. The fourth-order valence-electron chi connectivity index (χ4n) is 2.02. The summed E-state index contributed by atoms with van der Waals surface area (Å²) in [6, 6.07) is 0. The lowest BCUT2D eigenvalue weighted by atomic mass is 9.90. The number of rotatable bonds is 2. The largest absolute Gasteiger partial charge is 0.464 e. The Hall–Kier alpha value is -0.900. The molecule has 1 fully saturated rings. The Labute approximate surface area is 93.5 Å². The fourth-order valence-corrected chi connectivity index (χ4v) is 2.98. The van der Waals surface area contributed by atoms with Crippen LogP contribution in [0.1, 0.15) is 53.5 Å². The standard InChI is InChI=1S/C11H15NO2S/c1-14-11(13)9-7-15-10(12-9)8-5-3-2-4-6-8/h7-8H,2-6H2,1H3. The summed E-state index contributed by atoms with van der Waals surface area (Å²) in [7, 11) is 1.39. The van der Waals surface area contributed by atoms with E-state index in [2.05, 4.69) is 9.72 Å². The summed E-state index contributed by atoms with van der Waals surface area (Å²) >= 11 is 1.59. The predicted octanol–water partition coefficient (Wildman–Crippen LogP) is 2.98. The van der Waals surface area contributed by atoms with Crippen molar-refractivity contribution >= 4 is 17.3 Å². The summed E-state index contributed by atoms with van der Waals surface area (Å²) < 4.78 is 4.64. The van der Waals surface area contributed by atoms with Crippen LogP contribution in [0.15, 0.2) is 5.38 Å². The summed E-state index contributed by atoms with van der Waals surface area (Å²) in [6.07, 6.45) is 6.35. The molecule has 0 amide bonds. The molecule has 1 aliphatic carbocycles. The molecule has 0 N–H and O–H groups in total. The van der Waals surface area contributed by atoms with Gasteiger partial charge in [-0.2, -0.15) is 0 Å². The van der Waals surface area contributed by atoms with Crippen molar-refractivity contribution in [1.82, 2.24) is 4.98 Å².